The summed E-state index contributed by atoms with van der Waals surface area (Å²) in [5, 5.41) is 3.03. The summed E-state index contributed by atoms with van der Waals surface area (Å²) in [5.74, 6) is 0.885. The molecule has 0 radical (unpaired) electrons. The van der Waals surface area contributed by atoms with Gasteiger partial charge in [0.1, 0.15) is 0 Å². The molecule has 0 bridgehead atoms. The van der Waals surface area contributed by atoms with E-state index in [1.807, 2.05) is 7.05 Å². The van der Waals surface area contributed by atoms with Gasteiger partial charge in [0, 0.05) is 13.0 Å². The normalized spacial score (nSPS) is 9.40. The third-order valence-corrected chi connectivity index (χ3v) is 1.16. The highest BCUT2D eigenvalue weighted by molar-refractivity contribution is 4.82. The Balaban J connectivity index is 3.09. The summed E-state index contributed by atoms with van der Waals surface area (Å²) < 4.78 is 5.26. The van der Waals surface area contributed by atoms with Gasteiger partial charge in [-0.15, -0.1) is 0 Å². The second-order valence-corrected chi connectivity index (χ2v) is 2.24. The summed E-state index contributed by atoms with van der Waals surface area (Å²) in [5.41, 5.74) is 0. The van der Waals surface area contributed by atoms with Crippen LogP contribution in [0.5, 0.6) is 0 Å². The van der Waals surface area contributed by atoms with E-state index in [-0.39, 0.29) is 0 Å². The van der Waals surface area contributed by atoms with Gasteiger partial charge in [-0.1, -0.05) is 13.5 Å². The van der Waals surface area contributed by atoms with E-state index in [9.17, 15) is 0 Å². The summed E-state index contributed by atoms with van der Waals surface area (Å²) in [6, 6.07) is 0. The van der Waals surface area contributed by atoms with E-state index < -0.39 is 0 Å². The lowest BCUT2D eigenvalue weighted by atomic mass is 10.4. The molecule has 0 aromatic heterocycles. The van der Waals surface area contributed by atoms with Crippen LogP contribution < -0.4 is 5.32 Å². The van der Waals surface area contributed by atoms with Crippen LogP contribution in [0.2, 0.25) is 0 Å². The van der Waals surface area contributed by atoms with Gasteiger partial charge in [0.15, 0.2) is 0 Å². The van der Waals surface area contributed by atoms with Crippen LogP contribution in [0.25, 0.3) is 0 Å². The molecule has 0 saturated heterocycles. The van der Waals surface area contributed by atoms with Gasteiger partial charge in [0.05, 0.1) is 12.4 Å². The molecule has 2 heteroatoms. The zero-order chi connectivity index (χ0) is 7.82. The molecule has 0 aliphatic rings. The lowest BCUT2D eigenvalue weighted by molar-refractivity contribution is 0.204. The van der Waals surface area contributed by atoms with Crippen LogP contribution in [-0.4, -0.2) is 20.2 Å². The summed E-state index contributed by atoms with van der Waals surface area (Å²) >= 11 is 0. The van der Waals surface area contributed by atoms with Gasteiger partial charge in [-0.3, -0.25) is 0 Å². The molecule has 0 aliphatic carbocycles. The van der Waals surface area contributed by atoms with Crippen LogP contribution in [0.1, 0.15) is 19.8 Å². The maximum atomic E-state index is 5.26. The van der Waals surface area contributed by atoms with Crippen molar-refractivity contribution in [2.75, 3.05) is 20.2 Å². The molecule has 0 saturated carbocycles. The second-order valence-electron chi connectivity index (χ2n) is 2.24. The van der Waals surface area contributed by atoms with Crippen LogP contribution in [0, 0.1) is 0 Å². The van der Waals surface area contributed by atoms with Crippen LogP contribution in [0.3, 0.4) is 0 Å². The molecule has 2 nitrogen and oxygen atoms in total. The highest BCUT2D eigenvalue weighted by Crippen LogP contribution is 1.98. The monoisotopic (exact) mass is 143 g/mol. The van der Waals surface area contributed by atoms with E-state index in [4.69, 9.17) is 4.74 Å². The van der Waals surface area contributed by atoms with E-state index >= 15 is 0 Å². The molecule has 0 aromatic carbocycles. The second kappa shape index (κ2) is 6.62. The van der Waals surface area contributed by atoms with Crippen LogP contribution in [0.4, 0.5) is 0 Å². The fourth-order valence-electron chi connectivity index (χ4n) is 0.583. The zero-order valence-corrected chi connectivity index (χ0v) is 6.94. The molecule has 0 amide bonds. The molecule has 0 rings (SSSR count). The molecular formula is C8H17NO. The smallest absolute Gasteiger partial charge is 0.0900 e. The average molecular weight is 143 g/mol. The third-order valence-electron chi connectivity index (χ3n) is 1.16. The number of rotatable bonds is 6. The van der Waals surface area contributed by atoms with Gasteiger partial charge in [0.2, 0.25) is 0 Å². The Kier molecular flexibility index (Phi) is 6.29. The van der Waals surface area contributed by atoms with Crippen molar-refractivity contribution in [2.45, 2.75) is 19.8 Å². The Morgan fingerprint density at radius 3 is 2.80 bits per heavy atom. The van der Waals surface area contributed by atoms with Crippen molar-refractivity contribution in [3.8, 4) is 0 Å². The Morgan fingerprint density at radius 2 is 2.30 bits per heavy atom. The highest BCUT2D eigenvalue weighted by Gasteiger charge is 1.91. The zero-order valence-electron chi connectivity index (χ0n) is 6.94. The van der Waals surface area contributed by atoms with E-state index in [0.29, 0.717) is 0 Å². The van der Waals surface area contributed by atoms with Crippen molar-refractivity contribution < 1.29 is 4.74 Å². The maximum Gasteiger partial charge on any atom is 0.0900 e. The fourth-order valence-corrected chi connectivity index (χ4v) is 0.583. The first-order valence-electron chi connectivity index (χ1n) is 3.76. The molecule has 1 N–H and O–H groups in total. The van der Waals surface area contributed by atoms with Crippen molar-refractivity contribution in [1.29, 1.82) is 0 Å². The molecule has 0 aliphatic heterocycles. The highest BCUT2D eigenvalue weighted by atomic mass is 16.5. The minimum Gasteiger partial charge on any atom is -0.499 e. The van der Waals surface area contributed by atoms with Crippen LogP contribution in [-0.2, 0) is 4.74 Å². The predicted molar refractivity (Wildman–Crippen MR) is 43.9 cm³/mol. The van der Waals surface area contributed by atoms with Crippen molar-refractivity contribution in [2.24, 2.45) is 0 Å². The lowest BCUT2D eigenvalue weighted by Gasteiger charge is -2.06. The molecular weight excluding hydrogens is 126 g/mol. The average Bonchev–Trinajstić information content (AvgIpc) is 1.97. The fraction of sp³-hybridized carbons (Fsp3) is 0.750. The molecule has 10 heavy (non-hydrogen) atoms. The minimum absolute atomic E-state index is 0.794. The number of hydrogen-bond donors (Lipinski definition) is 1. The molecule has 0 atom stereocenters. The Labute approximate surface area is 63.3 Å². The molecule has 0 heterocycles. The van der Waals surface area contributed by atoms with Crippen molar-refractivity contribution >= 4 is 0 Å². The van der Waals surface area contributed by atoms with E-state index in [1.165, 1.54) is 0 Å². The molecule has 0 fully saturated rings. The summed E-state index contributed by atoms with van der Waals surface area (Å²) in [6.07, 6.45) is 1.97. The predicted octanol–water partition coefficient (Wildman–Crippen LogP) is 1.54. The molecule has 0 aromatic rings. The lowest BCUT2D eigenvalue weighted by Crippen LogP contribution is -2.09. The van der Waals surface area contributed by atoms with Crippen molar-refractivity contribution in [3.05, 3.63) is 12.3 Å². The Morgan fingerprint density at radius 1 is 1.60 bits per heavy atom. The van der Waals surface area contributed by atoms with Gasteiger partial charge < -0.3 is 10.1 Å². The van der Waals surface area contributed by atoms with E-state index in [1.54, 1.807) is 0 Å². The molecule has 60 valence electrons. The first-order valence-corrected chi connectivity index (χ1v) is 3.76. The largest absolute Gasteiger partial charge is 0.499 e. The minimum atomic E-state index is 0.794. The van der Waals surface area contributed by atoms with Gasteiger partial charge in [-0.25, -0.2) is 0 Å². The van der Waals surface area contributed by atoms with E-state index in [2.05, 4.69) is 18.8 Å². The van der Waals surface area contributed by atoms with Gasteiger partial charge in [-0.05, 0) is 13.5 Å². The number of nitrogens with one attached hydrogen (secondary N) is 1. The molecule has 0 spiro atoms. The summed E-state index contributed by atoms with van der Waals surface area (Å²) in [6.45, 7) is 7.60. The number of ether oxygens (including phenoxy) is 1. The topological polar surface area (TPSA) is 21.3 Å². The van der Waals surface area contributed by atoms with E-state index in [0.717, 1.165) is 31.8 Å². The quantitative estimate of drug-likeness (QED) is 0.569. The summed E-state index contributed by atoms with van der Waals surface area (Å²) in [4.78, 5) is 0. The Hall–Kier alpha value is -0.500. The standard InChI is InChI=1S/C8H17NO/c1-4-7-10-8(2)5-6-9-3/h9H,2,4-7H2,1,3H3. The van der Waals surface area contributed by atoms with Crippen LogP contribution in [0.15, 0.2) is 12.3 Å². The van der Waals surface area contributed by atoms with Gasteiger partial charge in [-0.2, -0.15) is 0 Å². The SMILES string of the molecule is C=C(CCNC)OCCC. The first kappa shape index (κ1) is 9.50. The third kappa shape index (κ3) is 5.63. The maximum absolute atomic E-state index is 5.26. The number of hydrogen-bond acceptors (Lipinski definition) is 2. The van der Waals surface area contributed by atoms with Gasteiger partial charge >= 0.3 is 0 Å². The van der Waals surface area contributed by atoms with Gasteiger partial charge in [0.25, 0.3) is 0 Å². The van der Waals surface area contributed by atoms with Crippen molar-refractivity contribution in [3.63, 3.8) is 0 Å². The Bertz CT molecular complexity index is 81.3. The van der Waals surface area contributed by atoms with Crippen LogP contribution >= 0.6 is 0 Å². The first-order chi connectivity index (χ1) is 4.81. The summed E-state index contributed by atoms with van der Waals surface area (Å²) in [7, 11) is 1.92. The molecule has 0 unspecified atom stereocenters. The van der Waals surface area contributed by atoms with Crippen molar-refractivity contribution in [1.82, 2.24) is 5.32 Å².